The van der Waals surface area contributed by atoms with Gasteiger partial charge in [-0.3, -0.25) is 0 Å². The van der Waals surface area contributed by atoms with E-state index in [1.807, 2.05) is 13.3 Å². The number of benzene rings is 1. The molecule has 0 unspecified atom stereocenters. The van der Waals surface area contributed by atoms with Crippen LogP contribution >= 0.6 is 46.3 Å². The van der Waals surface area contributed by atoms with Gasteiger partial charge in [0, 0.05) is 40.2 Å². The fourth-order valence-electron chi connectivity index (χ4n) is 2.05. The Balaban J connectivity index is 1.91. The van der Waals surface area contributed by atoms with Gasteiger partial charge in [-0.25, -0.2) is 0 Å². The van der Waals surface area contributed by atoms with Crippen LogP contribution in [-0.4, -0.2) is 29.4 Å². The lowest BCUT2D eigenvalue weighted by Gasteiger charge is -2.06. The second-order valence-corrected chi connectivity index (χ2v) is 9.20. The number of rotatable bonds is 5. The molecule has 0 N–H and O–H groups in total. The normalized spacial score (nSPS) is 11.7. The monoisotopic (exact) mass is 435 g/mol. The fraction of sp³-hybridized carbons (Fsp3) is 0.143. The molecule has 25 heavy (non-hydrogen) atoms. The molecule has 0 radical (unpaired) electrons. The van der Waals surface area contributed by atoms with Crippen LogP contribution in [0.4, 0.5) is 0 Å². The highest BCUT2D eigenvalue weighted by atomic mass is 35.5. The molecule has 0 bridgehead atoms. The Bertz CT molecular complexity index is 1010. The maximum atomic E-state index is 12.5. The van der Waals surface area contributed by atoms with Crippen molar-refractivity contribution in [3.05, 3.63) is 39.7 Å². The standard InChI is InChI=1S/C14H11Cl2N3O3S3/c1-19-13(17-18-14(19)23-2)8-3-12(24-7-8)25(20,21)22-11-5-9(15)4-10(16)6-11/h3-7H,1-2H3. The molecule has 2 aromatic heterocycles. The van der Waals surface area contributed by atoms with Gasteiger partial charge in [-0.05, 0) is 18.4 Å². The summed E-state index contributed by atoms with van der Waals surface area (Å²) in [5.74, 6) is 0.628. The predicted octanol–water partition coefficient (Wildman–Crippen LogP) is 4.34. The molecule has 0 aliphatic heterocycles. The number of aromatic nitrogens is 3. The van der Waals surface area contributed by atoms with Crippen molar-refractivity contribution in [2.75, 3.05) is 6.26 Å². The Morgan fingerprint density at radius 2 is 1.84 bits per heavy atom. The summed E-state index contributed by atoms with van der Waals surface area (Å²) in [6.07, 6.45) is 1.89. The first-order chi connectivity index (χ1) is 11.8. The van der Waals surface area contributed by atoms with Gasteiger partial charge in [-0.1, -0.05) is 35.0 Å². The van der Waals surface area contributed by atoms with E-state index in [0.29, 0.717) is 11.4 Å². The highest BCUT2D eigenvalue weighted by Gasteiger charge is 2.22. The second kappa shape index (κ2) is 7.16. The van der Waals surface area contributed by atoms with E-state index in [9.17, 15) is 8.42 Å². The minimum absolute atomic E-state index is 0.0484. The SMILES string of the molecule is CSc1nnc(-c2csc(S(=O)(=O)Oc3cc(Cl)cc(Cl)c3)c2)n1C. The zero-order valence-corrected chi connectivity index (χ0v) is 16.9. The maximum Gasteiger partial charge on any atom is 0.348 e. The quantitative estimate of drug-likeness (QED) is 0.438. The van der Waals surface area contributed by atoms with Gasteiger partial charge in [0.25, 0.3) is 0 Å². The van der Waals surface area contributed by atoms with E-state index in [-0.39, 0.29) is 20.0 Å². The van der Waals surface area contributed by atoms with Crippen LogP contribution < -0.4 is 4.18 Å². The van der Waals surface area contributed by atoms with Gasteiger partial charge in [0.1, 0.15) is 5.75 Å². The van der Waals surface area contributed by atoms with Crippen LogP contribution in [0, 0.1) is 0 Å². The molecule has 0 amide bonds. The van der Waals surface area contributed by atoms with Crippen LogP contribution in [0.3, 0.4) is 0 Å². The Hall–Kier alpha value is -1.26. The van der Waals surface area contributed by atoms with Gasteiger partial charge < -0.3 is 8.75 Å². The summed E-state index contributed by atoms with van der Waals surface area (Å²) in [5.41, 5.74) is 0.645. The van der Waals surface area contributed by atoms with Crippen LogP contribution in [0.25, 0.3) is 11.4 Å². The topological polar surface area (TPSA) is 74.1 Å². The number of nitrogens with zero attached hydrogens (tertiary/aromatic N) is 3. The zero-order valence-electron chi connectivity index (χ0n) is 12.9. The minimum atomic E-state index is -4.01. The highest BCUT2D eigenvalue weighted by molar-refractivity contribution is 7.98. The van der Waals surface area contributed by atoms with Crippen molar-refractivity contribution in [3.8, 4) is 17.1 Å². The molecule has 132 valence electrons. The Morgan fingerprint density at radius 3 is 2.44 bits per heavy atom. The molecular weight excluding hydrogens is 425 g/mol. The average molecular weight is 436 g/mol. The average Bonchev–Trinajstić information content (AvgIpc) is 3.12. The van der Waals surface area contributed by atoms with Crippen molar-refractivity contribution < 1.29 is 12.6 Å². The van der Waals surface area contributed by atoms with E-state index in [2.05, 4.69) is 10.2 Å². The van der Waals surface area contributed by atoms with Crippen molar-refractivity contribution in [1.29, 1.82) is 0 Å². The Morgan fingerprint density at radius 1 is 1.16 bits per heavy atom. The highest BCUT2D eigenvalue weighted by Crippen LogP contribution is 2.32. The Labute approximate surface area is 162 Å². The van der Waals surface area contributed by atoms with Crippen molar-refractivity contribution in [1.82, 2.24) is 14.8 Å². The van der Waals surface area contributed by atoms with Crippen molar-refractivity contribution in [2.24, 2.45) is 7.05 Å². The van der Waals surface area contributed by atoms with Crippen molar-refractivity contribution in [3.63, 3.8) is 0 Å². The number of thioether (sulfide) groups is 1. The van der Waals surface area contributed by atoms with E-state index in [1.54, 1.807) is 9.95 Å². The molecule has 11 heteroatoms. The lowest BCUT2D eigenvalue weighted by Crippen LogP contribution is -2.08. The van der Waals surface area contributed by atoms with E-state index >= 15 is 0 Å². The summed E-state index contributed by atoms with van der Waals surface area (Å²) in [6, 6.07) is 5.75. The van der Waals surface area contributed by atoms with Gasteiger partial charge in [0.05, 0.1) is 0 Å². The minimum Gasteiger partial charge on any atom is -0.378 e. The molecular formula is C14H11Cl2N3O3S3. The number of halogens is 2. The first-order valence-electron chi connectivity index (χ1n) is 6.73. The van der Waals surface area contributed by atoms with E-state index in [1.165, 1.54) is 36.0 Å². The lowest BCUT2D eigenvalue weighted by molar-refractivity contribution is 0.488. The third-order valence-corrected chi connectivity index (χ3v) is 6.94. The summed E-state index contributed by atoms with van der Waals surface area (Å²) in [6.45, 7) is 0. The molecule has 0 aliphatic rings. The fourth-order valence-corrected chi connectivity index (χ4v) is 5.07. The van der Waals surface area contributed by atoms with Gasteiger partial charge >= 0.3 is 10.1 Å². The third kappa shape index (κ3) is 3.95. The predicted molar refractivity (Wildman–Crippen MR) is 100 cm³/mol. The van der Waals surface area contributed by atoms with Crippen LogP contribution in [0.1, 0.15) is 0 Å². The Kier molecular flexibility index (Phi) is 5.31. The number of thiophene rings is 1. The molecule has 6 nitrogen and oxygen atoms in total. The van der Waals surface area contributed by atoms with Crippen LogP contribution in [-0.2, 0) is 17.2 Å². The number of hydrogen-bond donors (Lipinski definition) is 0. The van der Waals surface area contributed by atoms with Crippen LogP contribution in [0.2, 0.25) is 10.0 Å². The smallest absolute Gasteiger partial charge is 0.348 e. The largest absolute Gasteiger partial charge is 0.378 e. The summed E-state index contributed by atoms with van der Waals surface area (Å²) in [5, 5.41) is 11.1. The zero-order chi connectivity index (χ0) is 18.2. The third-order valence-electron chi connectivity index (χ3n) is 3.14. The molecule has 1 aromatic carbocycles. The second-order valence-electron chi connectivity index (χ2n) is 4.87. The molecule has 0 aliphatic carbocycles. The van der Waals surface area contributed by atoms with E-state index in [0.717, 1.165) is 16.5 Å². The first kappa shape index (κ1) is 18.5. The summed E-state index contributed by atoms with van der Waals surface area (Å²) < 4.78 is 31.9. The van der Waals surface area contributed by atoms with Gasteiger partial charge in [0.15, 0.2) is 15.2 Å². The van der Waals surface area contributed by atoms with Gasteiger partial charge in [0.2, 0.25) is 0 Å². The molecule has 0 saturated carbocycles. The summed E-state index contributed by atoms with van der Waals surface area (Å²) in [7, 11) is -2.19. The molecule has 0 saturated heterocycles. The first-order valence-corrected chi connectivity index (χ1v) is 11.0. The maximum absolute atomic E-state index is 12.5. The van der Waals surface area contributed by atoms with Crippen LogP contribution in [0.5, 0.6) is 5.75 Å². The summed E-state index contributed by atoms with van der Waals surface area (Å²) >= 11 is 14.2. The molecule has 0 atom stereocenters. The van der Waals surface area contributed by atoms with Crippen LogP contribution in [0.15, 0.2) is 39.0 Å². The molecule has 3 rings (SSSR count). The molecule has 3 aromatic rings. The molecule has 0 fully saturated rings. The molecule has 2 heterocycles. The van der Waals surface area contributed by atoms with Crippen molar-refractivity contribution >= 4 is 56.4 Å². The van der Waals surface area contributed by atoms with Crippen molar-refractivity contribution in [2.45, 2.75) is 9.37 Å². The van der Waals surface area contributed by atoms with E-state index in [4.69, 9.17) is 27.4 Å². The lowest BCUT2D eigenvalue weighted by atomic mass is 10.3. The summed E-state index contributed by atoms with van der Waals surface area (Å²) in [4.78, 5) is 0. The van der Waals surface area contributed by atoms with Gasteiger partial charge in [-0.2, -0.15) is 8.42 Å². The molecule has 0 spiro atoms. The van der Waals surface area contributed by atoms with E-state index < -0.39 is 10.1 Å². The number of hydrogen-bond acceptors (Lipinski definition) is 7. The van der Waals surface area contributed by atoms with Gasteiger partial charge in [-0.15, -0.1) is 21.5 Å².